The first-order valence-electron chi connectivity index (χ1n) is 10.7. The van der Waals surface area contributed by atoms with Gasteiger partial charge < -0.3 is 14.3 Å². The van der Waals surface area contributed by atoms with Gasteiger partial charge >= 0.3 is 0 Å². The summed E-state index contributed by atoms with van der Waals surface area (Å²) in [6.45, 7) is 9.76. The van der Waals surface area contributed by atoms with Gasteiger partial charge in [-0.3, -0.25) is 0 Å². The van der Waals surface area contributed by atoms with E-state index in [1.165, 1.54) is 5.56 Å². The van der Waals surface area contributed by atoms with E-state index in [4.69, 9.17) is 14.3 Å². The molecule has 0 saturated carbocycles. The first kappa shape index (κ1) is 23.5. The molecule has 0 spiro atoms. The van der Waals surface area contributed by atoms with Crippen LogP contribution in [0.1, 0.15) is 61.3 Å². The number of hydrogen-bond donors (Lipinski definition) is 0. The molecule has 1 unspecified atom stereocenters. The van der Waals surface area contributed by atoms with Crippen LogP contribution in [0.15, 0.2) is 53.7 Å². The number of ether oxygens (including phenoxy) is 2. The van der Waals surface area contributed by atoms with Gasteiger partial charge in [-0.2, -0.15) is 0 Å². The fourth-order valence-electron chi connectivity index (χ4n) is 3.38. The summed E-state index contributed by atoms with van der Waals surface area (Å²) in [7, 11) is 1.55. The number of aryl methyl sites for hydroxylation is 2. The summed E-state index contributed by atoms with van der Waals surface area (Å²) < 4.78 is 11.8. The van der Waals surface area contributed by atoms with Gasteiger partial charge in [-0.05, 0) is 80.3 Å². The van der Waals surface area contributed by atoms with Crippen molar-refractivity contribution in [2.24, 2.45) is 5.16 Å². The van der Waals surface area contributed by atoms with E-state index in [0.717, 1.165) is 54.1 Å². The molecule has 0 fully saturated rings. The van der Waals surface area contributed by atoms with Crippen LogP contribution in [0.5, 0.6) is 11.5 Å². The van der Waals surface area contributed by atoms with Crippen molar-refractivity contribution in [3.05, 3.63) is 70.8 Å². The van der Waals surface area contributed by atoms with E-state index >= 15 is 0 Å². The first-order valence-corrected chi connectivity index (χ1v) is 10.7. The Balaban J connectivity index is 1.76. The molecule has 4 nitrogen and oxygen atoms in total. The topological polar surface area (TPSA) is 40.0 Å². The molecule has 0 aliphatic heterocycles. The molecule has 0 radical (unpaired) electrons. The molecule has 0 aliphatic rings. The average Bonchev–Trinajstić information content (AvgIpc) is 2.74. The third-order valence-electron chi connectivity index (χ3n) is 5.11. The zero-order valence-corrected chi connectivity index (χ0v) is 19.0. The van der Waals surface area contributed by atoms with Gasteiger partial charge in [0.15, 0.2) is 0 Å². The molecule has 2 aromatic rings. The molecule has 2 aromatic carbocycles. The zero-order valence-electron chi connectivity index (χ0n) is 19.0. The van der Waals surface area contributed by atoms with Crippen LogP contribution in [0.25, 0.3) is 0 Å². The van der Waals surface area contributed by atoms with Gasteiger partial charge in [0.05, 0.1) is 12.8 Å². The second-order valence-corrected chi connectivity index (χ2v) is 7.60. The average molecular weight is 410 g/mol. The van der Waals surface area contributed by atoms with Crippen LogP contribution >= 0.6 is 0 Å². The highest BCUT2D eigenvalue weighted by atomic mass is 16.6. The molecule has 0 heterocycles. The van der Waals surface area contributed by atoms with Gasteiger partial charge in [-0.15, -0.1) is 0 Å². The highest BCUT2D eigenvalue weighted by Gasteiger charge is 2.08. The van der Waals surface area contributed by atoms with E-state index in [-0.39, 0.29) is 0 Å². The lowest BCUT2D eigenvalue weighted by molar-refractivity contribution is 0.215. The second kappa shape index (κ2) is 12.7. The number of hydrogen-bond acceptors (Lipinski definition) is 4. The number of benzene rings is 2. The van der Waals surface area contributed by atoms with Crippen LogP contribution in [0.4, 0.5) is 0 Å². The molecule has 0 amide bonds. The van der Waals surface area contributed by atoms with Crippen LogP contribution in [-0.4, -0.2) is 26.5 Å². The van der Waals surface area contributed by atoms with Crippen molar-refractivity contribution in [2.45, 2.75) is 52.9 Å². The summed E-state index contributed by atoms with van der Waals surface area (Å²) in [5.41, 5.74) is 4.64. The minimum Gasteiger partial charge on any atom is -0.493 e. The minimum atomic E-state index is 0.524. The van der Waals surface area contributed by atoms with Crippen LogP contribution in [0.3, 0.4) is 0 Å². The van der Waals surface area contributed by atoms with Crippen molar-refractivity contribution < 1.29 is 14.3 Å². The summed E-state index contributed by atoms with van der Waals surface area (Å²) >= 11 is 0. The van der Waals surface area contributed by atoms with E-state index in [9.17, 15) is 0 Å². The van der Waals surface area contributed by atoms with Gasteiger partial charge in [0, 0.05) is 0 Å². The molecule has 0 aliphatic carbocycles. The largest absolute Gasteiger partial charge is 0.493 e. The summed E-state index contributed by atoms with van der Waals surface area (Å²) in [6, 6.07) is 12.6. The van der Waals surface area contributed by atoms with Gasteiger partial charge in [0.25, 0.3) is 0 Å². The Morgan fingerprint density at radius 1 is 1.00 bits per heavy atom. The molecule has 0 N–H and O–H groups in total. The second-order valence-electron chi connectivity index (χ2n) is 7.60. The Hall–Kier alpha value is -2.75. The molecule has 0 aromatic heterocycles. The summed E-state index contributed by atoms with van der Waals surface area (Å²) in [6.07, 6.45) is 9.03. The Morgan fingerprint density at radius 3 is 2.33 bits per heavy atom. The Bertz CT molecular complexity index is 802. The minimum absolute atomic E-state index is 0.524. The van der Waals surface area contributed by atoms with Crippen LogP contribution in [0, 0.1) is 13.8 Å². The van der Waals surface area contributed by atoms with Crippen LogP contribution < -0.4 is 9.47 Å². The Morgan fingerprint density at radius 2 is 1.70 bits per heavy atom. The van der Waals surface area contributed by atoms with Crippen LogP contribution in [0.2, 0.25) is 0 Å². The fraction of sp³-hybridized carbons (Fsp3) is 0.423. The van der Waals surface area contributed by atoms with Gasteiger partial charge in [0.1, 0.15) is 25.2 Å². The lowest BCUT2D eigenvalue weighted by Crippen LogP contribution is -2.03. The zero-order chi connectivity index (χ0) is 21.8. The number of rotatable bonds is 12. The third kappa shape index (κ3) is 7.58. The van der Waals surface area contributed by atoms with Crippen molar-refractivity contribution in [3.63, 3.8) is 0 Å². The smallest absolute Gasteiger partial charge is 0.125 e. The molecular weight excluding hydrogens is 374 g/mol. The number of nitrogens with zero attached hydrogens (tertiary/aromatic N) is 1. The predicted octanol–water partition coefficient (Wildman–Crippen LogP) is 6.59. The van der Waals surface area contributed by atoms with E-state index in [1.807, 2.05) is 19.1 Å². The van der Waals surface area contributed by atoms with Crippen molar-refractivity contribution in [1.82, 2.24) is 0 Å². The molecule has 0 bridgehead atoms. The van der Waals surface area contributed by atoms with Gasteiger partial charge in [0.2, 0.25) is 0 Å². The van der Waals surface area contributed by atoms with E-state index < -0.39 is 0 Å². The maximum Gasteiger partial charge on any atom is 0.125 e. The number of allylic oxidation sites excluding steroid dienone is 1. The highest BCUT2D eigenvalue weighted by Crippen LogP contribution is 2.29. The third-order valence-corrected chi connectivity index (χ3v) is 5.11. The summed E-state index contributed by atoms with van der Waals surface area (Å²) in [4.78, 5) is 4.72. The lowest BCUT2D eigenvalue weighted by atomic mass is 9.95. The molecule has 30 heavy (non-hydrogen) atoms. The van der Waals surface area contributed by atoms with Gasteiger partial charge in [-0.1, -0.05) is 48.5 Å². The monoisotopic (exact) mass is 409 g/mol. The van der Waals surface area contributed by atoms with Crippen LogP contribution in [-0.2, 0) is 4.84 Å². The van der Waals surface area contributed by atoms with E-state index in [0.29, 0.717) is 12.5 Å². The molecule has 4 heteroatoms. The highest BCUT2D eigenvalue weighted by molar-refractivity contribution is 5.79. The maximum atomic E-state index is 6.09. The first-order chi connectivity index (χ1) is 14.5. The molecular formula is C26H35NO3. The number of unbranched alkanes of at least 4 members (excludes halogenated alkanes) is 1. The Kier molecular flexibility index (Phi) is 9.99. The summed E-state index contributed by atoms with van der Waals surface area (Å²) in [5.74, 6) is 2.40. The molecule has 0 saturated heterocycles. The standard InChI is InChI=1S/C26H35NO3/c1-6-7-15-29-25-17-21(3)26(22(4)18-25)30-16-9-8-10-20(2)24-13-11-23(12-14-24)19-27-28-5/h6-7,11-14,17-20H,8-10,15-16H2,1-5H3/b7-6+,27-19+. The van der Waals surface area contributed by atoms with Crippen molar-refractivity contribution in [2.75, 3.05) is 20.3 Å². The maximum absolute atomic E-state index is 6.09. The van der Waals surface area contributed by atoms with Crippen molar-refractivity contribution in [1.29, 1.82) is 0 Å². The molecule has 1 atom stereocenters. The SMILES string of the molecule is C/C=C/COc1cc(C)c(OCCCCC(C)c2ccc(/C=N/OC)cc2)c(C)c1. The van der Waals surface area contributed by atoms with Gasteiger partial charge in [-0.25, -0.2) is 0 Å². The molecule has 162 valence electrons. The van der Waals surface area contributed by atoms with Crippen molar-refractivity contribution in [3.8, 4) is 11.5 Å². The summed E-state index contributed by atoms with van der Waals surface area (Å²) in [5, 5.41) is 3.80. The Labute approximate surface area is 181 Å². The fourth-order valence-corrected chi connectivity index (χ4v) is 3.38. The molecule has 2 rings (SSSR count). The normalized spacial score (nSPS) is 12.4. The predicted molar refractivity (Wildman–Crippen MR) is 125 cm³/mol. The van der Waals surface area contributed by atoms with E-state index in [1.54, 1.807) is 13.3 Å². The van der Waals surface area contributed by atoms with Crippen molar-refractivity contribution >= 4 is 6.21 Å². The number of oxime groups is 1. The quantitative estimate of drug-likeness (QED) is 0.172. The lowest BCUT2D eigenvalue weighted by Gasteiger charge is -2.15. The van der Waals surface area contributed by atoms with E-state index in [2.05, 4.69) is 62.3 Å².